The van der Waals surface area contributed by atoms with Crippen molar-refractivity contribution in [1.29, 1.82) is 0 Å². The Morgan fingerprint density at radius 2 is 2.00 bits per heavy atom. The summed E-state index contributed by atoms with van der Waals surface area (Å²) >= 11 is 0. The second kappa shape index (κ2) is 5.22. The second-order valence-corrected chi connectivity index (χ2v) is 4.67. The monoisotopic (exact) mass is 186 g/mol. The first-order chi connectivity index (χ1) is 5.81. The Balaban J connectivity index is 3.53. The van der Waals surface area contributed by atoms with Crippen LogP contribution in [0, 0.1) is 0 Å². The highest BCUT2D eigenvalue weighted by atomic mass is 16.1. The molecule has 0 saturated carbocycles. The highest BCUT2D eigenvalue weighted by Gasteiger charge is 2.12. The van der Waals surface area contributed by atoms with Gasteiger partial charge in [0.05, 0.1) is 0 Å². The van der Waals surface area contributed by atoms with E-state index in [0.717, 1.165) is 12.8 Å². The van der Waals surface area contributed by atoms with E-state index in [-0.39, 0.29) is 17.5 Å². The Bertz CT molecular complexity index is 159. The predicted molar refractivity (Wildman–Crippen MR) is 55.4 cm³/mol. The van der Waals surface area contributed by atoms with Crippen LogP contribution in [-0.4, -0.2) is 17.5 Å². The first-order valence-electron chi connectivity index (χ1n) is 4.88. The maximum absolute atomic E-state index is 11.3. The fourth-order valence-electron chi connectivity index (χ4n) is 1.07. The van der Waals surface area contributed by atoms with Gasteiger partial charge < -0.3 is 11.1 Å². The van der Waals surface area contributed by atoms with Gasteiger partial charge in [-0.15, -0.1) is 0 Å². The van der Waals surface area contributed by atoms with Crippen molar-refractivity contribution in [3.63, 3.8) is 0 Å². The Labute approximate surface area is 81.1 Å². The topological polar surface area (TPSA) is 55.1 Å². The van der Waals surface area contributed by atoms with Crippen molar-refractivity contribution < 1.29 is 4.79 Å². The third-order valence-electron chi connectivity index (χ3n) is 1.58. The molecule has 1 amide bonds. The molecule has 78 valence electrons. The number of nitrogens with one attached hydrogen (secondary N) is 1. The standard InChI is InChI=1S/C10H22N2O/c1-8(11)6-5-7-9(13)12-10(2,3)4/h8H,5-7,11H2,1-4H3,(H,12,13). The zero-order valence-corrected chi connectivity index (χ0v) is 9.18. The summed E-state index contributed by atoms with van der Waals surface area (Å²) in [7, 11) is 0. The van der Waals surface area contributed by atoms with Gasteiger partial charge in [-0.1, -0.05) is 0 Å². The lowest BCUT2D eigenvalue weighted by atomic mass is 10.1. The van der Waals surface area contributed by atoms with Crippen molar-refractivity contribution in [1.82, 2.24) is 5.32 Å². The van der Waals surface area contributed by atoms with Crippen LogP contribution in [0.3, 0.4) is 0 Å². The van der Waals surface area contributed by atoms with E-state index in [2.05, 4.69) is 5.32 Å². The molecule has 3 heteroatoms. The summed E-state index contributed by atoms with van der Waals surface area (Å²) in [6.45, 7) is 7.91. The number of amides is 1. The van der Waals surface area contributed by atoms with Crippen LogP contribution in [0.25, 0.3) is 0 Å². The van der Waals surface area contributed by atoms with E-state index in [4.69, 9.17) is 5.73 Å². The molecule has 0 fully saturated rings. The van der Waals surface area contributed by atoms with Crippen LogP contribution in [0.2, 0.25) is 0 Å². The molecule has 1 atom stereocenters. The van der Waals surface area contributed by atoms with E-state index in [1.54, 1.807) is 0 Å². The van der Waals surface area contributed by atoms with Crippen LogP contribution in [-0.2, 0) is 4.79 Å². The molecule has 0 heterocycles. The molecule has 0 aromatic heterocycles. The highest BCUT2D eigenvalue weighted by molar-refractivity contribution is 5.76. The van der Waals surface area contributed by atoms with Gasteiger partial charge in [-0.2, -0.15) is 0 Å². The van der Waals surface area contributed by atoms with E-state index in [1.807, 2.05) is 27.7 Å². The van der Waals surface area contributed by atoms with E-state index >= 15 is 0 Å². The first-order valence-corrected chi connectivity index (χ1v) is 4.88. The van der Waals surface area contributed by atoms with Gasteiger partial charge in [0.1, 0.15) is 0 Å². The van der Waals surface area contributed by atoms with Crippen molar-refractivity contribution in [2.75, 3.05) is 0 Å². The van der Waals surface area contributed by atoms with Gasteiger partial charge in [-0.05, 0) is 40.5 Å². The first kappa shape index (κ1) is 12.4. The van der Waals surface area contributed by atoms with Crippen LogP contribution >= 0.6 is 0 Å². The van der Waals surface area contributed by atoms with Crippen molar-refractivity contribution >= 4 is 5.91 Å². The molecule has 0 rings (SSSR count). The molecule has 3 nitrogen and oxygen atoms in total. The molecule has 0 radical (unpaired) electrons. The zero-order valence-electron chi connectivity index (χ0n) is 9.18. The normalized spacial score (nSPS) is 13.9. The van der Waals surface area contributed by atoms with Crippen LogP contribution in [0.5, 0.6) is 0 Å². The summed E-state index contributed by atoms with van der Waals surface area (Å²) in [5, 5.41) is 2.91. The van der Waals surface area contributed by atoms with E-state index in [9.17, 15) is 4.79 Å². The Hall–Kier alpha value is -0.570. The van der Waals surface area contributed by atoms with Crippen molar-refractivity contribution in [2.24, 2.45) is 5.73 Å². The third kappa shape index (κ3) is 9.34. The summed E-state index contributed by atoms with van der Waals surface area (Å²) in [6.07, 6.45) is 2.37. The van der Waals surface area contributed by atoms with E-state index in [1.165, 1.54) is 0 Å². The quantitative estimate of drug-likeness (QED) is 0.697. The molecule has 0 aromatic rings. The lowest BCUT2D eigenvalue weighted by molar-refractivity contribution is -0.122. The molecular weight excluding hydrogens is 164 g/mol. The fraction of sp³-hybridized carbons (Fsp3) is 0.900. The summed E-state index contributed by atoms with van der Waals surface area (Å²) in [4.78, 5) is 11.3. The maximum atomic E-state index is 11.3. The Kier molecular flexibility index (Phi) is 4.99. The van der Waals surface area contributed by atoms with Gasteiger partial charge in [-0.3, -0.25) is 4.79 Å². The van der Waals surface area contributed by atoms with Gasteiger partial charge in [-0.25, -0.2) is 0 Å². The molecule has 1 unspecified atom stereocenters. The lowest BCUT2D eigenvalue weighted by Gasteiger charge is -2.20. The molecule has 0 saturated heterocycles. The number of nitrogens with two attached hydrogens (primary N) is 1. The predicted octanol–water partition coefficient (Wildman–Crippen LogP) is 1.42. The molecular formula is C10H22N2O. The molecule has 0 aliphatic rings. The Morgan fingerprint density at radius 1 is 1.46 bits per heavy atom. The largest absolute Gasteiger partial charge is 0.352 e. The lowest BCUT2D eigenvalue weighted by Crippen LogP contribution is -2.40. The number of hydrogen-bond acceptors (Lipinski definition) is 2. The highest BCUT2D eigenvalue weighted by Crippen LogP contribution is 2.02. The Morgan fingerprint density at radius 3 is 2.38 bits per heavy atom. The van der Waals surface area contributed by atoms with E-state index in [0.29, 0.717) is 6.42 Å². The average molecular weight is 186 g/mol. The van der Waals surface area contributed by atoms with Crippen molar-refractivity contribution in [2.45, 2.75) is 58.5 Å². The minimum Gasteiger partial charge on any atom is -0.352 e. The molecule has 0 aromatic carbocycles. The molecule has 13 heavy (non-hydrogen) atoms. The van der Waals surface area contributed by atoms with Gasteiger partial charge in [0.25, 0.3) is 0 Å². The SMILES string of the molecule is CC(N)CCCC(=O)NC(C)(C)C. The molecule has 0 bridgehead atoms. The molecule has 3 N–H and O–H groups in total. The minimum atomic E-state index is -0.120. The van der Waals surface area contributed by atoms with E-state index < -0.39 is 0 Å². The number of hydrogen-bond donors (Lipinski definition) is 2. The fourth-order valence-corrected chi connectivity index (χ4v) is 1.07. The van der Waals surface area contributed by atoms with Gasteiger partial charge in [0.15, 0.2) is 0 Å². The van der Waals surface area contributed by atoms with Crippen LogP contribution in [0.15, 0.2) is 0 Å². The summed E-state index contributed by atoms with van der Waals surface area (Å²) in [5.74, 6) is 0.119. The third-order valence-corrected chi connectivity index (χ3v) is 1.58. The minimum absolute atomic E-state index is 0.119. The number of rotatable bonds is 4. The van der Waals surface area contributed by atoms with Gasteiger partial charge >= 0.3 is 0 Å². The number of carbonyl (C=O) groups excluding carboxylic acids is 1. The maximum Gasteiger partial charge on any atom is 0.220 e. The van der Waals surface area contributed by atoms with Crippen molar-refractivity contribution in [3.8, 4) is 0 Å². The zero-order chi connectivity index (χ0) is 10.5. The second-order valence-electron chi connectivity index (χ2n) is 4.67. The van der Waals surface area contributed by atoms with Gasteiger partial charge in [0.2, 0.25) is 5.91 Å². The van der Waals surface area contributed by atoms with Crippen LogP contribution in [0.1, 0.15) is 47.0 Å². The smallest absolute Gasteiger partial charge is 0.220 e. The summed E-state index contributed by atoms with van der Waals surface area (Å²) in [5.41, 5.74) is 5.45. The molecule has 0 spiro atoms. The molecule has 0 aliphatic carbocycles. The van der Waals surface area contributed by atoms with Gasteiger partial charge in [0, 0.05) is 18.0 Å². The number of carbonyl (C=O) groups is 1. The van der Waals surface area contributed by atoms with Crippen LogP contribution < -0.4 is 11.1 Å². The average Bonchev–Trinajstić information content (AvgIpc) is 1.81. The van der Waals surface area contributed by atoms with Crippen LogP contribution in [0.4, 0.5) is 0 Å². The summed E-state index contributed by atoms with van der Waals surface area (Å²) in [6, 6.07) is 0.197. The summed E-state index contributed by atoms with van der Waals surface area (Å²) < 4.78 is 0. The van der Waals surface area contributed by atoms with Crippen molar-refractivity contribution in [3.05, 3.63) is 0 Å². The molecule has 0 aliphatic heterocycles.